The van der Waals surface area contributed by atoms with E-state index in [-0.39, 0.29) is 5.41 Å². The quantitative estimate of drug-likeness (QED) is 0.681. The van der Waals surface area contributed by atoms with E-state index in [1.165, 1.54) is 19.5 Å². The maximum atomic E-state index is 10.8. The number of nitrogens with zero attached hydrogens (tertiary/aromatic N) is 1. The molecular formula is C9H15NO2. The Morgan fingerprint density at radius 2 is 2.08 bits per heavy atom. The van der Waals surface area contributed by atoms with E-state index in [4.69, 9.17) is 5.11 Å². The molecule has 1 heterocycles. The van der Waals surface area contributed by atoms with Crippen molar-refractivity contribution >= 4 is 5.97 Å². The average Bonchev–Trinajstić information content (AvgIpc) is 2.65. The Morgan fingerprint density at radius 3 is 2.42 bits per heavy atom. The zero-order valence-corrected chi connectivity index (χ0v) is 7.25. The minimum atomic E-state index is -0.581. The van der Waals surface area contributed by atoms with Crippen molar-refractivity contribution < 1.29 is 9.90 Å². The van der Waals surface area contributed by atoms with Crippen LogP contribution in [0.2, 0.25) is 0 Å². The summed E-state index contributed by atoms with van der Waals surface area (Å²) in [6.45, 7) is 3.34. The minimum Gasteiger partial charge on any atom is -0.481 e. The van der Waals surface area contributed by atoms with Crippen LogP contribution in [0.4, 0.5) is 0 Å². The van der Waals surface area contributed by atoms with Crippen molar-refractivity contribution in [2.45, 2.75) is 25.7 Å². The number of carboxylic acids is 1. The lowest BCUT2D eigenvalue weighted by molar-refractivity contribution is -0.143. The van der Waals surface area contributed by atoms with Gasteiger partial charge < -0.3 is 10.0 Å². The number of carboxylic acid groups (broad SMARTS) is 1. The van der Waals surface area contributed by atoms with Crippen LogP contribution in [-0.2, 0) is 4.79 Å². The van der Waals surface area contributed by atoms with Gasteiger partial charge in [-0.05, 0) is 45.3 Å². The van der Waals surface area contributed by atoms with E-state index in [1.54, 1.807) is 0 Å². The fraction of sp³-hybridized carbons (Fsp3) is 0.889. The zero-order valence-electron chi connectivity index (χ0n) is 7.25. The molecule has 0 aromatic rings. The molecule has 1 aliphatic carbocycles. The maximum Gasteiger partial charge on any atom is 0.309 e. The lowest BCUT2D eigenvalue weighted by Gasteiger charge is -2.31. The fourth-order valence-corrected chi connectivity index (χ4v) is 1.70. The van der Waals surface area contributed by atoms with Gasteiger partial charge in [-0.15, -0.1) is 0 Å². The highest BCUT2D eigenvalue weighted by atomic mass is 16.4. The molecule has 2 fully saturated rings. The van der Waals surface area contributed by atoms with Gasteiger partial charge in [0.05, 0.1) is 5.41 Å². The highest BCUT2D eigenvalue weighted by molar-refractivity contribution is 5.77. The van der Waals surface area contributed by atoms with Crippen molar-refractivity contribution in [1.82, 2.24) is 4.90 Å². The van der Waals surface area contributed by atoms with Gasteiger partial charge in [0, 0.05) is 0 Å². The molecule has 0 aromatic carbocycles. The van der Waals surface area contributed by atoms with Gasteiger partial charge in [0.25, 0.3) is 0 Å². The normalized spacial score (nSPS) is 26.3. The van der Waals surface area contributed by atoms with Crippen molar-refractivity contribution in [2.75, 3.05) is 19.6 Å². The summed E-state index contributed by atoms with van der Waals surface area (Å²) in [5, 5.41) is 8.89. The topological polar surface area (TPSA) is 40.5 Å². The summed E-state index contributed by atoms with van der Waals surface area (Å²) in [6, 6.07) is 0. The molecule has 3 heteroatoms. The van der Waals surface area contributed by atoms with Crippen molar-refractivity contribution in [2.24, 2.45) is 5.41 Å². The van der Waals surface area contributed by atoms with Gasteiger partial charge in [0.15, 0.2) is 0 Å². The fourth-order valence-electron chi connectivity index (χ4n) is 1.70. The van der Waals surface area contributed by atoms with Gasteiger partial charge in [0.1, 0.15) is 0 Å². The molecule has 1 aliphatic heterocycles. The first-order chi connectivity index (χ1) is 5.73. The van der Waals surface area contributed by atoms with Crippen molar-refractivity contribution in [3.8, 4) is 0 Å². The summed E-state index contributed by atoms with van der Waals surface area (Å²) in [4.78, 5) is 13.1. The predicted octanol–water partition coefficient (Wildman–Crippen LogP) is 0.947. The van der Waals surface area contributed by atoms with Gasteiger partial charge in [-0.3, -0.25) is 4.79 Å². The second kappa shape index (κ2) is 2.73. The monoisotopic (exact) mass is 169 g/mol. The molecule has 2 rings (SSSR count). The first-order valence-corrected chi connectivity index (χ1v) is 4.69. The van der Waals surface area contributed by atoms with Crippen LogP contribution in [0.3, 0.4) is 0 Å². The molecule has 3 nitrogen and oxygen atoms in total. The number of likely N-dealkylation sites (tertiary alicyclic amines) is 1. The van der Waals surface area contributed by atoms with E-state index < -0.39 is 5.97 Å². The Balaban J connectivity index is 1.74. The summed E-state index contributed by atoms with van der Waals surface area (Å²) in [5.41, 5.74) is -0.310. The third-order valence-electron chi connectivity index (χ3n) is 3.16. The SMILES string of the molecule is O=C(O)C1(CCN2CCC2)CC1. The lowest BCUT2D eigenvalue weighted by atomic mass is 10.0. The second-order valence-electron chi connectivity index (χ2n) is 4.03. The van der Waals surface area contributed by atoms with Crippen molar-refractivity contribution in [3.05, 3.63) is 0 Å². The molecule has 0 atom stereocenters. The van der Waals surface area contributed by atoms with E-state index in [1.807, 2.05) is 0 Å². The van der Waals surface area contributed by atoms with E-state index in [2.05, 4.69) is 4.90 Å². The van der Waals surface area contributed by atoms with Crippen LogP contribution in [0.15, 0.2) is 0 Å². The Hall–Kier alpha value is -0.570. The van der Waals surface area contributed by atoms with E-state index in [9.17, 15) is 4.79 Å². The third-order valence-corrected chi connectivity index (χ3v) is 3.16. The van der Waals surface area contributed by atoms with Gasteiger partial charge in [-0.25, -0.2) is 0 Å². The van der Waals surface area contributed by atoms with Crippen molar-refractivity contribution in [3.63, 3.8) is 0 Å². The Kier molecular flexibility index (Phi) is 1.83. The zero-order chi connectivity index (χ0) is 8.60. The summed E-state index contributed by atoms with van der Waals surface area (Å²) < 4.78 is 0. The minimum absolute atomic E-state index is 0.310. The van der Waals surface area contributed by atoms with Crippen LogP contribution in [-0.4, -0.2) is 35.6 Å². The van der Waals surface area contributed by atoms with E-state index >= 15 is 0 Å². The molecule has 0 amide bonds. The predicted molar refractivity (Wildman–Crippen MR) is 45.0 cm³/mol. The van der Waals surface area contributed by atoms with Crippen LogP contribution in [0.5, 0.6) is 0 Å². The molecule has 1 N–H and O–H groups in total. The van der Waals surface area contributed by atoms with Crippen LogP contribution in [0.1, 0.15) is 25.7 Å². The second-order valence-corrected chi connectivity index (χ2v) is 4.03. The summed E-state index contributed by atoms with van der Waals surface area (Å²) in [5.74, 6) is -0.581. The number of rotatable bonds is 4. The van der Waals surface area contributed by atoms with Gasteiger partial charge >= 0.3 is 5.97 Å². The van der Waals surface area contributed by atoms with Crippen LogP contribution in [0, 0.1) is 5.41 Å². The van der Waals surface area contributed by atoms with Crippen LogP contribution >= 0.6 is 0 Å². The molecule has 1 saturated heterocycles. The molecule has 1 saturated carbocycles. The van der Waals surface area contributed by atoms with E-state index in [0.717, 1.165) is 25.8 Å². The van der Waals surface area contributed by atoms with E-state index in [0.29, 0.717) is 0 Å². The highest BCUT2D eigenvalue weighted by Gasteiger charge is 2.49. The standard InChI is InChI=1S/C9H15NO2/c11-8(12)9(2-3-9)4-7-10-5-1-6-10/h1-7H2,(H,11,12). The number of hydrogen-bond donors (Lipinski definition) is 1. The van der Waals surface area contributed by atoms with Gasteiger partial charge in [0.2, 0.25) is 0 Å². The number of carbonyl (C=O) groups is 1. The molecule has 0 spiro atoms. The first-order valence-electron chi connectivity index (χ1n) is 4.69. The lowest BCUT2D eigenvalue weighted by Crippen LogP contribution is -2.39. The summed E-state index contributed by atoms with van der Waals surface area (Å²) in [7, 11) is 0. The molecule has 0 bridgehead atoms. The van der Waals surface area contributed by atoms with Crippen molar-refractivity contribution in [1.29, 1.82) is 0 Å². The highest BCUT2D eigenvalue weighted by Crippen LogP contribution is 2.49. The Morgan fingerprint density at radius 1 is 1.42 bits per heavy atom. The molecule has 0 radical (unpaired) electrons. The smallest absolute Gasteiger partial charge is 0.309 e. The first kappa shape index (κ1) is 8.05. The molecule has 2 aliphatic rings. The molecule has 68 valence electrons. The maximum absolute atomic E-state index is 10.8. The van der Waals surface area contributed by atoms with Crippen LogP contribution in [0.25, 0.3) is 0 Å². The average molecular weight is 169 g/mol. The van der Waals surface area contributed by atoms with Gasteiger partial charge in [-0.2, -0.15) is 0 Å². The molecule has 0 aromatic heterocycles. The van der Waals surface area contributed by atoms with Crippen LogP contribution < -0.4 is 0 Å². The summed E-state index contributed by atoms with van der Waals surface area (Å²) >= 11 is 0. The largest absolute Gasteiger partial charge is 0.481 e. The Labute approximate surface area is 72.4 Å². The van der Waals surface area contributed by atoms with Gasteiger partial charge in [-0.1, -0.05) is 0 Å². The number of aliphatic carboxylic acids is 1. The molecule has 0 unspecified atom stereocenters. The molecular weight excluding hydrogens is 154 g/mol. The Bertz CT molecular complexity index is 195. The number of hydrogen-bond acceptors (Lipinski definition) is 2. The summed E-state index contributed by atoms with van der Waals surface area (Å²) in [6.07, 6.45) is 3.95. The third kappa shape index (κ3) is 1.33. The molecule has 12 heavy (non-hydrogen) atoms.